The van der Waals surface area contributed by atoms with E-state index in [4.69, 9.17) is 4.74 Å². The van der Waals surface area contributed by atoms with Crippen LogP contribution in [-0.4, -0.2) is 52.0 Å². The molecule has 0 spiro atoms. The number of carbonyl (C=O) groups is 2. The van der Waals surface area contributed by atoms with Gasteiger partial charge in [-0.3, -0.25) is 9.59 Å². The molecular formula is C31H46O6. The highest BCUT2D eigenvalue weighted by molar-refractivity contribution is 6.01. The molecule has 3 N–H and O–H groups in total. The van der Waals surface area contributed by atoms with Crippen LogP contribution >= 0.6 is 0 Å². The van der Waals surface area contributed by atoms with Crippen LogP contribution in [0.2, 0.25) is 0 Å². The summed E-state index contributed by atoms with van der Waals surface area (Å²) < 4.78 is 5.35. The number of aliphatic hydroxyl groups excluding tert-OH is 1. The van der Waals surface area contributed by atoms with E-state index < -0.39 is 29.2 Å². The zero-order valence-corrected chi connectivity index (χ0v) is 23.8. The number of aliphatic carboxylic acids is 1. The van der Waals surface area contributed by atoms with Crippen molar-refractivity contribution < 1.29 is 29.6 Å². The van der Waals surface area contributed by atoms with E-state index in [1.165, 1.54) is 0 Å². The molecular weight excluding hydrogens is 468 g/mol. The topological polar surface area (TPSA) is 104 Å². The molecule has 0 aromatic carbocycles. The first-order valence-electron chi connectivity index (χ1n) is 13.5. The van der Waals surface area contributed by atoms with Gasteiger partial charge in [0.05, 0.1) is 17.1 Å². The Bertz CT molecular complexity index is 1040. The van der Waals surface area contributed by atoms with E-state index in [-0.39, 0.29) is 28.4 Å². The van der Waals surface area contributed by atoms with Crippen molar-refractivity contribution in [3.63, 3.8) is 0 Å². The van der Waals surface area contributed by atoms with Crippen molar-refractivity contribution in [1.29, 1.82) is 0 Å². The maximum atomic E-state index is 13.4. The minimum absolute atomic E-state index is 0.0591. The van der Waals surface area contributed by atoms with Crippen molar-refractivity contribution in [2.45, 2.75) is 98.4 Å². The summed E-state index contributed by atoms with van der Waals surface area (Å²) in [5, 5.41) is 31.0. The molecule has 0 saturated heterocycles. The van der Waals surface area contributed by atoms with Crippen LogP contribution in [-0.2, 0) is 14.3 Å². The molecule has 3 aliphatic carbocycles. The highest BCUT2D eigenvalue weighted by Gasteiger charge is 2.67. The third-order valence-corrected chi connectivity index (χ3v) is 9.97. The second kappa shape index (κ2) is 10.3. The normalized spacial score (nSPS) is 39.1. The summed E-state index contributed by atoms with van der Waals surface area (Å²) in [5.41, 5.74) is 0.0137. The Balaban J connectivity index is 1.88. The molecule has 0 amide bonds. The number of carboxylic acids is 1. The number of aliphatic hydroxyl groups is 2. The van der Waals surface area contributed by atoms with Crippen LogP contribution in [0.5, 0.6) is 0 Å². The molecule has 37 heavy (non-hydrogen) atoms. The van der Waals surface area contributed by atoms with Gasteiger partial charge < -0.3 is 20.1 Å². The Hall–Kier alpha value is -2.02. The number of methoxy groups -OCH3 is 1. The van der Waals surface area contributed by atoms with E-state index >= 15 is 0 Å². The number of fused-ring (bicyclic) bond motifs is 3. The van der Waals surface area contributed by atoms with E-state index in [1.807, 2.05) is 44.2 Å². The standard InChI is InChI=1S/C31H46O6/c1-19(12-13-25(37-8)28(3,4)36)10-9-11-20(2)26-21(32)18-23-29(5)17-15-24(33)31(7,27(34)35)22(29)14-16-30(23,26)6/h9-13,22-25,33,36H,14-18H2,1-8H3,(H,34,35)/b11-9+,13-12+,19-10+,26-20+/t22-,23+,24-,25?,29+,30+,31-/m1/s1. The number of ether oxygens (including phenoxy) is 1. The van der Waals surface area contributed by atoms with Crippen LogP contribution in [0.25, 0.3) is 0 Å². The third-order valence-electron chi connectivity index (χ3n) is 9.97. The minimum atomic E-state index is -1.19. The zero-order chi connectivity index (χ0) is 28.0. The number of carbonyl (C=O) groups excluding carboxylic acids is 1. The van der Waals surface area contributed by atoms with Gasteiger partial charge in [-0.05, 0) is 83.1 Å². The van der Waals surface area contributed by atoms with Gasteiger partial charge in [-0.25, -0.2) is 0 Å². The van der Waals surface area contributed by atoms with Gasteiger partial charge in [0.15, 0.2) is 5.78 Å². The molecule has 7 atom stereocenters. The Morgan fingerprint density at radius 1 is 1.11 bits per heavy atom. The maximum Gasteiger partial charge on any atom is 0.312 e. The highest BCUT2D eigenvalue weighted by atomic mass is 16.5. The minimum Gasteiger partial charge on any atom is -0.481 e. The van der Waals surface area contributed by atoms with Crippen LogP contribution in [0.15, 0.2) is 47.1 Å². The molecule has 0 heterocycles. The summed E-state index contributed by atoms with van der Waals surface area (Å²) in [6.07, 6.45) is 11.4. The fourth-order valence-electron chi connectivity index (χ4n) is 7.88. The molecule has 206 valence electrons. The lowest BCUT2D eigenvalue weighted by atomic mass is 9.43. The lowest BCUT2D eigenvalue weighted by Crippen LogP contribution is -2.61. The summed E-state index contributed by atoms with van der Waals surface area (Å²) in [5.74, 6) is -0.883. The maximum absolute atomic E-state index is 13.4. The predicted octanol–water partition coefficient (Wildman–Crippen LogP) is 5.40. The Morgan fingerprint density at radius 2 is 1.76 bits per heavy atom. The Kier molecular flexibility index (Phi) is 8.20. The van der Waals surface area contributed by atoms with Crippen molar-refractivity contribution in [2.24, 2.45) is 28.1 Å². The molecule has 0 aromatic rings. The molecule has 1 unspecified atom stereocenters. The monoisotopic (exact) mass is 514 g/mol. The summed E-state index contributed by atoms with van der Waals surface area (Å²) in [6, 6.07) is 0. The van der Waals surface area contributed by atoms with Gasteiger partial charge in [0.25, 0.3) is 0 Å². The van der Waals surface area contributed by atoms with Crippen molar-refractivity contribution in [3.8, 4) is 0 Å². The number of Topliss-reactive ketones (excluding diaryl/α,β-unsaturated/α-hetero) is 1. The molecule has 0 radical (unpaired) electrons. The van der Waals surface area contributed by atoms with E-state index in [9.17, 15) is 24.9 Å². The number of allylic oxidation sites excluding steroid dienone is 7. The zero-order valence-electron chi connectivity index (χ0n) is 23.8. The summed E-state index contributed by atoms with van der Waals surface area (Å²) >= 11 is 0. The molecule has 0 bridgehead atoms. The van der Waals surface area contributed by atoms with Crippen molar-refractivity contribution in [1.82, 2.24) is 0 Å². The Labute approximate surface area is 222 Å². The first-order valence-corrected chi connectivity index (χ1v) is 13.5. The van der Waals surface area contributed by atoms with Crippen molar-refractivity contribution in [3.05, 3.63) is 47.1 Å². The van der Waals surface area contributed by atoms with Crippen LogP contribution in [0.1, 0.15) is 80.6 Å². The number of carboxylic acid groups (broad SMARTS) is 1. The molecule has 3 rings (SSSR count). The number of hydrogen-bond acceptors (Lipinski definition) is 5. The summed E-state index contributed by atoms with van der Waals surface area (Å²) in [4.78, 5) is 25.8. The SMILES string of the molecule is COC(/C=C/C(C)=C/C=C/C(C)=C1\C(=O)C[C@H]2[C@@]3(C)CC[C@@H](O)[C@](C)(C(=O)O)[C@@H]3CC[C@]12C)C(C)(C)O. The Morgan fingerprint density at radius 3 is 2.32 bits per heavy atom. The van der Waals surface area contributed by atoms with Gasteiger partial charge >= 0.3 is 5.97 Å². The van der Waals surface area contributed by atoms with Crippen LogP contribution < -0.4 is 0 Å². The predicted molar refractivity (Wildman–Crippen MR) is 145 cm³/mol. The second-order valence-electron chi connectivity index (χ2n) is 12.8. The van der Waals surface area contributed by atoms with Crippen LogP contribution in [0, 0.1) is 28.1 Å². The molecule has 0 aromatic heterocycles. The highest BCUT2D eigenvalue weighted by Crippen LogP contribution is 2.69. The molecule has 6 nitrogen and oxygen atoms in total. The first kappa shape index (κ1) is 29.5. The largest absolute Gasteiger partial charge is 0.481 e. The van der Waals surface area contributed by atoms with Gasteiger partial charge in [-0.1, -0.05) is 49.8 Å². The number of hydrogen-bond donors (Lipinski definition) is 3. The quantitative estimate of drug-likeness (QED) is 0.310. The molecule has 3 aliphatic rings. The third kappa shape index (κ3) is 5.05. The van der Waals surface area contributed by atoms with Gasteiger partial charge in [-0.15, -0.1) is 0 Å². The average molecular weight is 515 g/mol. The van der Waals surface area contributed by atoms with Gasteiger partial charge in [-0.2, -0.15) is 0 Å². The smallest absolute Gasteiger partial charge is 0.312 e. The summed E-state index contributed by atoms with van der Waals surface area (Å²) in [6.45, 7) is 13.4. The van der Waals surface area contributed by atoms with E-state index in [0.29, 0.717) is 19.3 Å². The van der Waals surface area contributed by atoms with Gasteiger partial charge in [0.2, 0.25) is 0 Å². The fraction of sp³-hybridized carbons (Fsp3) is 0.677. The molecule has 3 saturated carbocycles. The fourth-order valence-corrected chi connectivity index (χ4v) is 7.88. The van der Waals surface area contributed by atoms with E-state index in [0.717, 1.165) is 29.6 Å². The van der Waals surface area contributed by atoms with Crippen molar-refractivity contribution >= 4 is 11.8 Å². The van der Waals surface area contributed by atoms with Crippen LogP contribution in [0.3, 0.4) is 0 Å². The van der Waals surface area contributed by atoms with Crippen LogP contribution in [0.4, 0.5) is 0 Å². The molecule has 0 aliphatic heterocycles. The first-order chi connectivity index (χ1) is 17.0. The number of ketones is 1. The van der Waals surface area contributed by atoms with E-state index in [1.54, 1.807) is 27.9 Å². The lowest BCUT2D eigenvalue weighted by molar-refractivity contribution is -0.194. The van der Waals surface area contributed by atoms with Crippen molar-refractivity contribution in [2.75, 3.05) is 7.11 Å². The lowest BCUT2D eigenvalue weighted by Gasteiger charge is -2.61. The average Bonchev–Trinajstić information content (AvgIpc) is 3.07. The molecule has 3 fully saturated rings. The van der Waals surface area contributed by atoms with E-state index in [2.05, 4.69) is 13.8 Å². The molecule has 6 heteroatoms. The van der Waals surface area contributed by atoms with Gasteiger partial charge in [0.1, 0.15) is 6.10 Å². The summed E-state index contributed by atoms with van der Waals surface area (Å²) in [7, 11) is 1.57. The number of rotatable bonds is 7. The van der Waals surface area contributed by atoms with Gasteiger partial charge in [0, 0.05) is 24.5 Å². The second-order valence-corrected chi connectivity index (χ2v) is 12.8.